The van der Waals surface area contributed by atoms with E-state index in [1.165, 1.54) is 4.90 Å². The molecule has 0 saturated carbocycles. The summed E-state index contributed by atoms with van der Waals surface area (Å²) in [5.74, 6) is 0.546. The van der Waals surface area contributed by atoms with Crippen LogP contribution in [0.2, 0.25) is 0 Å². The van der Waals surface area contributed by atoms with Crippen LogP contribution in [0, 0.1) is 0 Å². The van der Waals surface area contributed by atoms with Gasteiger partial charge >= 0.3 is 5.97 Å². The van der Waals surface area contributed by atoms with E-state index in [1.807, 2.05) is 24.3 Å². The molecule has 2 rings (SSSR count). The highest BCUT2D eigenvalue weighted by molar-refractivity contribution is 5.71. The summed E-state index contributed by atoms with van der Waals surface area (Å²) in [6.45, 7) is 0.482. The quantitative estimate of drug-likeness (QED) is 0.446. The first-order chi connectivity index (χ1) is 8.70. The maximum Gasteiger partial charge on any atom is 0.308 e. The second-order valence-corrected chi connectivity index (χ2v) is 4.26. The zero-order chi connectivity index (χ0) is 13.0. The fourth-order valence-corrected chi connectivity index (χ4v) is 1.86. The number of hydrogen-bond acceptors (Lipinski definition) is 4. The number of carbonyl (C=O) groups is 2. The highest BCUT2D eigenvalue weighted by atomic mass is 16.5. The van der Waals surface area contributed by atoms with Crippen LogP contribution in [0.1, 0.15) is 17.9 Å². The first-order valence-electron chi connectivity index (χ1n) is 5.73. The van der Waals surface area contributed by atoms with E-state index in [4.69, 9.17) is 9.47 Å². The number of carbonyl (C=O) groups excluding carboxylic acids is 2. The summed E-state index contributed by atoms with van der Waals surface area (Å²) in [5, 5.41) is 0. The first-order valence-corrected chi connectivity index (χ1v) is 5.73. The molecule has 1 amide bonds. The molecule has 1 heterocycles. The van der Waals surface area contributed by atoms with Gasteiger partial charge in [-0.05, 0) is 6.07 Å². The first kappa shape index (κ1) is 12.4. The standard InChI is InChI=1S/C13H15NO4/c1-14(8-15)9-18-13(16)6-10-7-17-12-5-3-2-4-11(10)12/h2-5,8,10H,6-7,9H2,1H3. The van der Waals surface area contributed by atoms with E-state index >= 15 is 0 Å². The molecular weight excluding hydrogens is 234 g/mol. The molecule has 0 radical (unpaired) electrons. The average Bonchev–Trinajstić information content (AvgIpc) is 2.79. The van der Waals surface area contributed by atoms with E-state index in [9.17, 15) is 9.59 Å². The Kier molecular flexibility index (Phi) is 3.82. The van der Waals surface area contributed by atoms with Gasteiger partial charge in [0, 0.05) is 18.5 Å². The second-order valence-electron chi connectivity index (χ2n) is 4.26. The van der Waals surface area contributed by atoms with E-state index in [0.29, 0.717) is 13.0 Å². The predicted molar refractivity (Wildman–Crippen MR) is 64.1 cm³/mol. The third kappa shape index (κ3) is 2.80. The lowest BCUT2D eigenvalue weighted by molar-refractivity contribution is -0.149. The zero-order valence-corrected chi connectivity index (χ0v) is 10.2. The van der Waals surface area contributed by atoms with Crippen molar-refractivity contribution < 1.29 is 19.1 Å². The van der Waals surface area contributed by atoms with Crippen molar-refractivity contribution in [3.05, 3.63) is 29.8 Å². The van der Waals surface area contributed by atoms with Crippen LogP contribution in [0.3, 0.4) is 0 Å². The van der Waals surface area contributed by atoms with Crippen molar-refractivity contribution in [2.24, 2.45) is 0 Å². The number of esters is 1. The lowest BCUT2D eigenvalue weighted by Crippen LogP contribution is -2.23. The van der Waals surface area contributed by atoms with Gasteiger partial charge in [0.15, 0.2) is 6.73 Å². The average molecular weight is 249 g/mol. The number of fused-ring (bicyclic) bond motifs is 1. The van der Waals surface area contributed by atoms with Gasteiger partial charge in [-0.1, -0.05) is 18.2 Å². The second kappa shape index (κ2) is 5.53. The minimum atomic E-state index is -0.325. The van der Waals surface area contributed by atoms with E-state index in [-0.39, 0.29) is 25.0 Å². The molecule has 1 atom stereocenters. The molecule has 0 aromatic heterocycles. The van der Waals surface area contributed by atoms with Gasteiger partial charge in [-0.25, -0.2) is 0 Å². The van der Waals surface area contributed by atoms with Crippen molar-refractivity contribution in [3.63, 3.8) is 0 Å². The SMILES string of the molecule is CN(C=O)COC(=O)CC1COc2ccccc21. The monoisotopic (exact) mass is 249 g/mol. The molecule has 0 saturated heterocycles. The van der Waals surface area contributed by atoms with Crippen molar-refractivity contribution in [1.29, 1.82) is 0 Å². The maximum atomic E-state index is 11.6. The van der Waals surface area contributed by atoms with Crippen molar-refractivity contribution in [3.8, 4) is 5.75 Å². The molecule has 18 heavy (non-hydrogen) atoms. The highest BCUT2D eigenvalue weighted by Gasteiger charge is 2.26. The molecule has 1 unspecified atom stereocenters. The van der Waals surface area contributed by atoms with Crippen LogP contribution in [-0.2, 0) is 14.3 Å². The number of para-hydroxylation sites is 1. The van der Waals surface area contributed by atoms with Crippen LogP contribution in [-0.4, -0.2) is 37.7 Å². The van der Waals surface area contributed by atoms with E-state index < -0.39 is 0 Å². The van der Waals surface area contributed by atoms with E-state index in [0.717, 1.165) is 11.3 Å². The Balaban J connectivity index is 1.88. The Morgan fingerprint density at radius 3 is 3.11 bits per heavy atom. The van der Waals surface area contributed by atoms with Crippen LogP contribution in [0.25, 0.3) is 0 Å². The van der Waals surface area contributed by atoms with Gasteiger partial charge in [0.1, 0.15) is 5.75 Å². The van der Waals surface area contributed by atoms with Crippen LogP contribution < -0.4 is 4.74 Å². The molecule has 1 aromatic carbocycles. The van der Waals surface area contributed by atoms with Crippen molar-refractivity contribution in [2.45, 2.75) is 12.3 Å². The Labute approximate surface area is 105 Å². The zero-order valence-electron chi connectivity index (χ0n) is 10.2. The number of benzene rings is 1. The van der Waals surface area contributed by atoms with Gasteiger partial charge in [-0.15, -0.1) is 0 Å². The third-order valence-corrected chi connectivity index (χ3v) is 2.82. The summed E-state index contributed by atoms with van der Waals surface area (Å²) in [6.07, 6.45) is 0.880. The molecule has 1 aromatic rings. The summed E-state index contributed by atoms with van der Waals surface area (Å²) in [5.41, 5.74) is 1.04. The summed E-state index contributed by atoms with van der Waals surface area (Å²) < 4.78 is 10.5. The molecule has 0 bridgehead atoms. The van der Waals surface area contributed by atoms with Gasteiger partial charge in [-0.3, -0.25) is 9.59 Å². The van der Waals surface area contributed by atoms with Gasteiger partial charge in [-0.2, -0.15) is 0 Å². The maximum absolute atomic E-state index is 11.6. The Morgan fingerprint density at radius 2 is 2.33 bits per heavy atom. The third-order valence-electron chi connectivity index (χ3n) is 2.82. The molecule has 96 valence electrons. The molecule has 1 aliphatic rings. The number of hydrogen-bond donors (Lipinski definition) is 0. The number of amides is 1. The van der Waals surface area contributed by atoms with E-state index in [1.54, 1.807) is 7.05 Å². The lowest BCUT2D eigenvalue weighted by Gasteiger charge is -2.12. The lowest BCUT2D eigenvalue weighted by atomic mass is 9.98. The summed E-state index contributed by atoms with van der Waals surface area (Å²) in [4.78, 5) is 23.2. The fourth-order valence-electron chi connectivity index (χ4n) is 1.86. The van der Waals surface area contributed by atoms with Gasteiger partial charge in [0.25, 0.3) is 0 Å². The summed E-state index contributed by atoms with van der Waals surface area (Å²) in [6, 6.07) is 7.67. The number of ether oxygens (including phenoxy) is 2. The molecule has 0 N–H and O–H groups in total. The van der Waals surface area contributed by atoms with Crippen LogP contribution >= 0.6 is 0 Å². The largest absolute Gasteiger partial charge is 0.493 e. The fraction of sp³-hybridized carbons (Fsp3) is 0.385. The van der Waals surface area contributed by atoms with Crippen LogP contribution in [0.15, 0.2) is 24.3 Å². The normalized spacial score (nSPS) is 16.6. The molecular formula is C13H15NO4. The highest BCUT2D eigenvalue weighted by Crippen LogP contribution is 2.35. The van der Waals surface area contributed by atoms with Crippen LogP contribution in [0.4, 0.5) is 0 Å². The Hall–Kier alpha value is -2.04. The van der Waals surface area contributed by atoms with Gasteiger partial charge < -0.3 is 14.4 Å². The molecule has 0 aliphatic carbocycles. The molecule has 5 heteroatoms. The van der Waals surface area contributed by atoms with Crippen molar-refractivity contribution >= 4 is 12.4 Å². The van der Waals surface area contributed by atoms with Crippen molar-refractivity contribution in [2.75, 3.05) is 20.4 Å². The van der Waals surface area contributed by atoms with Gasteiger partial charge in [0.05, 0.1) is 13.0 Å². The number of rotatable bonds is 5. The minimum Gasteiger partial charge on any atom is -0.493 e. The predicted octanol–water partition coefficient (Wildman–Crippen LogP) is 1.14. The molecule has 1 aliphatic heterocycles. The Morgan fingerprint density at radius 1 is 1.56 bits per heavy atom. The summed E-state index contributed by atoms with van der Waals surface area (Å²) in [7, 11) is 1.55. The van der Waals surface area contributed by atoms with Crippen molar-refractivity contribution in [1.82, 2.24) is 4.90 Å². The van der Waals surface area contributed by atoms with Crippen LogP contribution in [0.5, 0.6) is 5.75 Å². The molecule has 5 nitrogen and oxygen atoms in total. The topological polar surface area (TPSA) is 55.8 Å². The van der Waals surface area contributed by atoms with E-state index in [2.05, 4.69) is 0 Å². The summed E-state index contributed by atoms with van der Waals surface area (Å²) >= 11 is 0. The number of nitrogens with zero attached hydrogens (tertiary/aromatic N) is 1. The minimum absolute atomic E-state index is 0.0163. The Bertz CT molecular complexity index is 446. The van der Waals surface area contributed by atoms with Gasteiger partial charge in [0.2, 0.25) is 6.41 Å². The molecule has 0 fully saturated rings. The smallest absolute Gasteiger partial charge is 0.308 e. The molecule has 0 spiro atoms.